The lowest BCUT2D eigenvalue weighted by atomic mass is 10.2. The van der Waals surface area contributed by atoms with Crippen molar-refractivity contribution >= 4 is 22.7 Å². The molecular formula is C9H12O3S2. The molecule has 0 saturated heterocycles. The number of aryl methyl sites for hydroxylation is 1. The van der Waals surface area contributed by atoms with Crippen LogP contribution in [0.3, 0.4) is 0 Å². The molecule has 0 aliphatic heterocycles. The molecule has 0 aliphatic rings. The molecule has 0 atom stereocenters. The second kappa shape index (κ2) is 4.70. The summed E-state index contributed by atoms with van der Waals surface area (Å²) >= 11 is 4.10. The Bertz CT molecular complexity index is 381. The Kier molecular flexibility index (Phi) is 3.83. The van der Waals surface area contributed by atoms with Crippen molar-refractivity contribution in [3.8, 4) is 5.75 Å². The first-order valence-electron chi connectivity index (χ1n) is 4.10. The lowest BCUT2D eigenvalue weighted by Crippen LogP contribution is -2.05. The van der Waals surface area contributed by atoms with Crippen LogP contribution in [0.5, 0.6) is 5.75 Å². The Morgan fingerprint density at radius 1 is 1.29 bits per heavy atom. The Hall–Kier alpha value is -0.680. The maximum atomic E-state index is 10.8. The summed E-state index contributed by atoms with van der Waals surface area (Å²) in [5, 5.41) is 0. The molecule has 0 spiro atoms. The normalized spacial score (nSPS) is 11.3. The zero-order chi connectivity index (χ0) is 10.6. The fourth-order valence-corrected chi connectivity index (χ4v) is 1.73. The van der Waals surface area contributed by atoms with E-state index in [9.17, 15) is 8.42 Å². The van der Waals surface area contributed by atoms with Crippen LogP contribution in [-0.2, 0) is 16.5 Å². The molecule has 1 aromatic rings. The first-order valence-corrected chi connectivity index (χ1v) is 6.55. The van der Waals surface area contributed by atoms with E-state index in [1.807, 2.05) is 12.1 Å². The van der Waals surface area contributed by atoms with Crippen molar-refractivity contribution in [2.75, 3.05) is 12.0 Å². The smallest absolute Gasteiger partial charge is 0.306 e. The van der Waals surface area contributed by atoms with Gasteiger partial charge in [0.25, 0.3) is 0 Å². The number of hydrogen-bond donors (Lipinski definition) is 1. The van der Waals surface area contributed by atoms with Gasteiger partial charge in [0.2, 0.25) is 0 Å². The van der Waals surface area contributed by atoms with E-state index in [-0.39, 0.29) is 0 Å². The molecule has 1 rings (SSSR count). The maximum Gasteiger partial charge on any atom is 0.306 e. The summed E-state index contributed by atoms with van der Waals surface area (Å²) < 4.78 is 26.2. The second-order valence-corrected chi connectivity index (χ2v) is 4.93. The summed E-state index contributed by atoms with van der Waals surface area (Å²) in [6.07, 6.45) is 1.89. The highest BCUT2D eigenvalue weighted by Gasteiger charge is 2.03. The summed E-state index contributed by atoms with van der Waals surface area (Å²) in [4.78, 5) is 0. The number of thiol groups is 1. The molecule has 0 bridgehead atoms. The van der Waals surface area contributed by atoms with Crippen molar-refractivity contribution in [3.63, 3.8) is 0 Å². The average molecular weight is 232 g/mol. The van der Waals surface area contributed by atoms with Gasteiger partial charge in [-0.2, -0.15) is 21.0 Å². The summed E-state index contributed by atoms with van der Waals surface area (Å²) in [5.41, 5.74) is 1.11. The van der Waals surface area contributed by atoms with Crippen LogP contribution < -0.4 is 4.18 Å². The molecule has 1 aromatic carbocycles. The van der Waals surface area contributed by atoms with Gasteiger partial charge >= 0.3 is 10.1 Å². The van der Waals surface area contributed by atoms with Crippen LogP contribution >= 0.6 is 12.6 Å². The molecule has 0 fully saturated rings. The van der Waals surface area contributed by atoms with Gasteiger partial charge in [-0.3, -0.25) is 0 Å². The van der Waals surface area contributed by atoms with Crippen LogP contribution in [0, 0.1) is 0 Å². The van der Waals surface area contributed by atoms with E-state index in [1.54, 1.807) is 12.1 Å². The van der Waals surface area contributed by atoms with Gasteiger partial charge < -0.3 is 4.18 Å². The van der Waals surface area contributed by atoms with Crippen LogP contribution in [0.25, 0.3) is 0 Å². The highest BCUT2D eigenvalue weighted by molar-refractivity contribution is 7.86. The Morgan fingerprint density at radius 3 is 2.29 bits per heavy atom. The van der Waals surface area contributed by atoms with Crippen molar-refractivity contribution in [1.29, 1.82) is 0 Å². The molecule has 78 valence electrons. The van der Waals surface area contributed by atoms with Gasteiger partial charge in [-0.15, -0.1) is 0 Å². The minimum Gasteiger partial charge on any atom is -0.383 e. The van der Waals surface area contributed by atoms with E-state index in [4.69, 9.17) is 0 Å². The van der Waals surface area contributed by atoms with Gasteiger partial charge in [0.1, 0.15) is 5.75 Å². The van der Waals surface area contributed by atoms with Gasteiger partial charge in [0, 0.05) is 0 Å². The van der Waals surface area contributed by atoms with Gasteiger partial charge in [-0.1, -0.05) is 12.1 Å². The molecule has 3 nitrogen and oxygen atoms in total. The fraction of sp³-hybridized carbons (Fsp3) is 0.333. The predicted octanol–water partition coefficient (Wildman–Crippen LogP) is 1.50. The van der Waals surface area contributed by atoms with Crippen molar-refractivity contribution < 1.29 is 12.6 Å². The third kappa shape index (κ3) is 4.02. The molecule has 0 heterocycles. The predicted molar refractivity (Wildman–Crippen MR) is 59.5 cm³/mol. The molecule has 0 saturated carbocycles. The third-order valence-electron chi connectivity index (χ3n) is 1.57. The van der Waals surface area contributed by atoms with Crippen LogP contribution in [0.4, 0.5) is 0 Å². The molecule has 5 heteroatoms. The molecule has 0 aliphatic carbocycles. The zero-order valence-electron chi connectivity index (χ0n) is 7.80. The fourth-order valence-electron chi connectivity index (χ4n) is 1.02. The first-order chi connectivity index (χ1) is 6.51. The highest BCUT2D eigenvalue weighted by Crippen LogP contribution is 2.14. The first kappa shape index (κ1) is 11.4. The van der Waals surface area contributed by atoms with E-state index >= 15 is 0 Å². The summed E-state index contributed by atoms with van der Waals surface area (Å²) in [6, 6.07) is 6.94. The molecular weight excluding hydrogens is 220 g/mol. The van der Waals surface area contributed by atoms with E-state index < -0.39 is 10.1 Å². The van der Waals surface area contributed by atoms with E-state index in [1.165, 1.54) is 0 Å². The molecule has 14 heavy (non-hydrogen) atoms. The quantitative estimate of drug-likeness (QED) is 0.632. The average Bonchev–Trinajstić information content (AvgIpc) is 2.06. The Morgan fingerprint density at radius 2 is 1.86 bits per heavy atom. The van der Waals surface area contributed by atoms with Crippen LogP contribution in [0.15, 0.2) is 24.3 Å². The minimum absolute atomic E-state index is 0.343. The van der Waals surface area contributed by atoms with Gasteiger partial charge in [0.05, 0.1) is 6.26 Å². The SMILES string of the molecule is CS(=O)(=O)Oc1ccc(CCS)cc1. The number of benzene rings is 1. The number of rotatable bonds is 4. The Balaban J connectivity index is 2.74. The van der Waals surface area contributed by atoms with E-state index in [0.29, 0.717) is 5.75 Å². The van der Waals surface area contributed by atoms with E-state index in [2.05, 4.69) is 16.8 Å². The number of hydrogen-bond acceptors (Lipinski definition) is 4. The summed E-state index contributed by atoms with van der Waals surface area (Å²) in [5.74, 6) is 1.11. The van der Waals surface area contributed by atoms with Crippen molar-refractivity contribution in [3.05, 3.63) is 29.8 Å². The lowest BCUT2D eigenvalue weighted by molar-refractivity contribution is 0.493. The van der Waals surface area contributed by atoms with Crippen LogP contribution in [-0.4, -0.2) is 20.4 Å². The van der Waals surface area contributed by atoms with Crippen molar-refractivity contribution in [2.24, 2.45) is 0 Å². The molecule has 0 N–H and O–H groups in total. The van der Waals surface area contributed by atoms with Gasteiger partial charge in [-0.05, 0) is 29.9 Å². The molecule has 0 radical (unpaired) electrons. The van der Waals surface area contributed by atoms with Crippen LogP contribution in [0.1, 0.15) is 5.56 Å². The summed E-state index contributed by atoms with van der Waals surface area (Å²) in [6.45, 7) is 0. The standard InChI is InChI=1S/C9H12O3S2/c1-14(10,11)12-9-4-2-8(3-5-9)6-7-13/h2-5,13H,6-7H2,1H3. The lowest BCUT2D eigenvalue weighted by Gasteiger charge is -2.03. The topological polar surface area (TPSA) is 43.4 Å². The van der Waals surface area contributed by atoms with Gasteiger partial charge in [0.15, 0.2) is 0 Å². The highest BCUT2D eigenvalue weighted by atomic mass is 32.2. The molecule has 0 amide bonds. The van der Waals surface area contributed by atoms with E-state index in [0.717, 1.165) is 24.0 Å². The van der Waals surface area contributed by atoms with Gasteiger partial charge in [-0.25, -0.2) is 0 Å². The minimum atomic E-state index is -3.42. The third-order valence-corrected chi connectivity index (χ3v) is 2.29. The van der Waals surface area contributed by atoms with Crippen molar-refractivity contribution in [1.82, 2.24) is 0 Å². The van der Waals surface area contributed by atoms with Crippen molar-refractivity contribution in [2.45, 2.75) is 6.42 Å². The largest absolute Gasteiger partial charge is 0.383 e. The Labute approximate surface area is 89.6 Å². The summed E-state index contributed by atoms with van der Waals surface area (Å²) in [7, 11) is -3.42. The molecule has 0 unspecified atom stereocenters. The second-order valence-electron chi connectivity index (χ2n) is 2.91. The zero-order valence-corrected chi connectivity index (χ0v) is 9.51. The maximum absolute atomic E-state index is 10.8. The monoisotopic (exact) mass is 232 g/mol. The molecule has 0 aromatic heterocycles. The van der Waals surface area contributed by atoms with Crippen LogP contribution in [0.2, 0.25) is 0 Å².